The van der Waals surface area contributed by atoms with Gasteiger partial charge in [-0.05, 0) is 6.92 Å². The van der Waals surface area contributed by atoms with Crippen molar-refractivity contribution in [1.82, 2.24) is 5.32 Å². The Morgan fingerprint density at radius 1 is 1.29 bits per heavy atom. The molecule has 0 bridgehead atoms. The van der Waals surface area contributed by atoms with E-state index in [9.17, 15) is 26.7 Å². The van der Waals surface area contributed by atoms with Gasteiger partial charge in [0.25, 0.3) is 0 Å². The molecule has 0 saturated heterocycles. The van der Waals surface area contributed by atoms with Crippen LogP contribution in [0.3, 0.4) is 0 Å². The summed E-state index contributed by atoms with van der Waals surface area (Å²) in [6.07, 6.45) is -7.02. The minimum atomic E-state index is -5.71. The van der Waals surface area contributed by atoms with Crippen molar-refractivity contribution in [3.05, 3.63) is 0 Å². The molecule has 0 radical (unpaired) electrons. The zero-order valence-corrected chi connectivity index (χ0v) is 7.12. The van der Waals surface area contributed by atoms with Crippen LogP contribution in [0.25, 0.3) is 0 Å². The lowest BCUT2D eigenvalue weighted by molar-refractivity contribution is -0.292. The van der Waals surface area contributed by atoms with Crippen LogP contribution in [0.2, 0.25) is 0 Å². The van der Waals surface area contributed by atoms with E-state index in [-0.39, 0.29) is 6.54 Å². The van der Waals surface area contributed by atoms with Crippen LogP contribution in [0.5, 0.6) is 0 Å². The molecule has 0 aliphatic rings. The molecule has 0 spiro atoms. The number of halogens is 5. The Kier molecular flexibility index (Phi) is 4.08. The maximum atomic E-state index is 12.1. The molecular formula is C6H8F5NO2. The summed E-state index contributed by atoms with van der Waals surface area (Å²) in [5.41, 5.74) is 0. The van der Waals surface area contributed by atoms with Crippen molar-refractivity contribution in [2.45, 2.75) is 19.0 Å². The van der Waals surface area contributed by atoms with Crippen LogP contribution in [-0.2, 0) is 4.74 Å². The Hall–Kier alpha value is -1.08. The summed E-state index contributed by atoms with van der Waals surface area (Å²) in [5, 5.41) is 1.91. The highest BCUT2D eigenvalue weighted by atomic mass is 19.4. The van der Waals surface area contributed by atoms with Gasteiger partial charge in [0.15, 0.2) is 6.61 Å². The topological polar surface area (TPSA) is 38.3 Å². The highest BCUT2D eigenvalue weighted by molar-refractivity contribution is 5.67. The zero-order valence-electron chi connectivity index (χ0n) is 7.12. The van der Waals surface area contributed by atoms with Gasteiger partial charge in [-0.15, -0.1) is 0 Å². The van der Waals surface area contributed by atoms with E-state index < -0.39 is 24.8 Å². The van der Waals surface area contributed by atoms with Crippen LogP contribution < -0.4 is 5.32 Å². The predicted octanol–water partition coefficient (Wildman–Crippen LogP) is 1.93. The van der Waals surface area contributed by atoms with Gasteiger partial charge >= 0.3 is 18.2 Å². The van der Waals surface area contributed by atoms with Crippen molar-refractivity contribution in [3.8, 4) is 0 Å². The second-order valence-corrected chi connectivity index (χ2v) is 2.31. The van der Waals surface area contributed by atoms with Gasteiger partial charge in [0, 0.05) is 6.54 Å². The number of nitrogens with one attached hydrogen (secondary N) is 1. The molecule has 0 atom stereocenters. The summed E-state index contributed by atoms with van der Waals surface area (Å²) in [5.74, 6) is -5.02. The Balaban J connectivity index is 4.06. The molecule has 0 unspecified atom stereocenters. The van der Waals surface area contributed by atoms with Crippen LogP contribution in [0, 0.1) is 0 Å². The maximum absolute atomic E-state index is 12.1. The van der Waals surface area contributed by atoms with Crippen LogP contribution in [0.4, 0.5) is 26.7 Å². The average Bonchev–Trinajstić information content (AvgIpc) is 1.99. The van der Waals surface area contributed by atoms with Gasteiger partial charge in [-0.1, -0.05) is 0 Å². The number of carbonyl (C=O) groups excluding carboxylic acids is 1. The smallest absolute Gasteiger partial charge is 0.443 e. The number of alkyl carbamates (subject to hydrolysis) is 1. The van der Waals surface area contributed by atoms with E-state index in [1.165, 1.54) is 6.92 Å². The Bertz CT molecular complexity index is 203. The third-order valence-electron chi connectivity index (χ3n) is 1.12. The van der Waals surface area contributed by atoms with E-state index in [0.717, 1.165) is 0 Å². The number of alkyl halides is 5. The lowest BCUT2D eigenvalue weighted by atomic mass is 10.3. The molecule has 0 saturated carbocycles. The van der Waals surface area contributed by atoms with Gasteiger partial charge in [0.05, 0.1) is 0 Å². The van der Waals surface area contributed by atoms with Crippen molar-refractivity contribution in [1.29, 1.82) is 0 Å². The molecule has 0 fully saturated rings. The van der Waals surface area contributed by atoms with Crippen LogP contribution in [-0.4, -0.2) is 31.3 Å². The van der Waals surface area contributed by atoms with Gasteiger partial charge < -0.3 is 10.1 Å². The summed E-state index contributed by atoms with van der Waals surface area (Å²) >= 11 is 0. The Morgan fingerprint density at radius 2 is 1.79 bits per heavy atom. The molecule has 3 nitrogen and oxygen atoms in total. The van der Waals surface area contributed by atoms with Gasteiger partial charge in [-0.3, -0.25) is 0 Å². The second kappa shape index (κ2) is 4.43. The maximum Gasteiger partial charge on any atom is 0.456 e. The molecule has 0 aromatic heterocycles. The van der Waals surface area contributed by atoms with E-state index in [0.29, 0.717) is 0 Å². The fourth-order valence-corrected chi connectivity index (χ4v) is 0.433. The van der Waals surface area contributed by atoms with Crippen molar-refractivity contribution in [2.75, 3.05) is 13.2 Å². The number of rotatable bonds is 3. The summed E-state index contributed by atoms with van der Waals surface area (Å²) in [4.78, 5) is 10.4. The molecule has 0 aromatic rings. The van der Waals surface area contributed by atoms with Crippen LogP contribution in [0.1, 0.15) is 6.92 Å². The first-order valence-corrected chi connectivity index (χ1v) is 3.56. The number of hydrogen-bond donors (Lipinski definition) is 1. The molecule has 84 valence electrons. The van der Waals surface area contributed by atoms with Gasteiger partial charge in [0.2, 0.25) is 0 Å². The molecule has 0 aliphatic heterocycles. The highest BCUT2D eigenvalue weighted by Gasteiger charge is 2.58. The lowest BCUT2D eigenvalue weighted by Crippen LogP contribution is -2.42. The molecular weight excluding hydrogens is 213 g/mol. The largest absolute Gasteiger partial charge is 0.456 e. The van der Waals surface area contributed by atoms with Gasteiger partial charge in [0.1, 0.15) is 0 Å². The minimum Gasteiger partial charge on any atom is -0.443 e. The third-order valence-corrected chi connectivity index (χ3v) is 1.12. The van der Waals surface area contributed by atoms with Crippen molar-refractivity contribution < 1.29 is 31.5 Å². The van der Waals surface area contributed by atoms with E-state index in [1.54, 1.807) is 0 Å². The fourth-order valence-electron chi connectivity index (χ4n) is 0.433. The Morgan fingerprint density at radius 3 is 2.14 bits per heavy atom. The molecule has 0 heterocycles. The zero-order chi connectivity index (χ0) is 11.4. The summed E-state index contributed by atoms with van der Waals surface area (Å²) in [6.45, 7) is -0.470. The monoisotopic (exact) mass is 221 g/mol. The standard InChI is InChI=1S/C6H8F5NO2/c1-2-12-4(13)14-3-5(7,8)6(9,10)11/h2-3H2,1H3,(H,12,13). The summed E-state index contributed by atoms with van der Waals surface area (Å²) < 4.78 is 62.4. The van der Waals surface area contributed by atoms with Crippen molar-refractivity contribution in [3.63, 3.8) is 0 Å². The quantitative estimate of drug-likeness (QED) is 0.739. The first-order chi connectivity index (χ1) is 6.20. The second-order valence-electron chi connectivity index (χ2n) is 2.31. The number of ether oxygens (including phenoxy) is 1. The van der Waals surface area contributed by atoms with Crippen molar-refractivity contribution in [2.24, 2.45) is 0 Å². The molecule has 8 heteroatoms. The van der Waals surface area contributed by atoms with Gasteiger partial charge in [-0.2, -0.15) is 22.0 Å². The number of hydrogen-bond acceptors (Lipinski definition) is 2. The molecule has 0 rings (SSSR count). The van der Waals surface area contributed by atoms with Crippen molar-refractivity contribution >= 4 is 6.09 Å². The minimum absolute atomic E-state index is 0.0798. The first kappa shape index (κ1) is 12.9. The molecule has 14 heavy (non-hydrogen) atoms. The van der Waals surface area contributed by atoms with Crippen LogP contribution >= 0.6 is 0 Å². The average molecular weight is 221 g/mol. The molecule has 0 aromatic carbocycles. The summed E-state index contributed by atoms with van der Waals surface area (Å²) in [6, 6.07) is 0. The van der Waals surface area contributed by atoms with Gasteiger partial charge in [-0.25, -0.2) is 4.79 Å². The number of carbonyl (C=O) groups is 1. The van der Waals surface area contributed by atoms with E-state index in [4.69, 9.17) is 0 Å². The molecule has 0 aliphatic carbocycles. The van der Waals surface area contributed by atoms with E-state index in [2.05, 4.69) is 4.74 Å². The first-order valence-electron chi connectivity index (χ1n) is 3.56. The normalized spacial score (nSPS) is 12.4. The Labute approximate surface area is 76.2 Å². The molecule has 1 N–H and O–H groups in total. The predicted molar refractivity (Wildman–Crippen MR) is 36.0 cm³/mol. The fraction of sp³-hybridized carbons (Fsp3) is 0.833. The van der Waals surface area contributed by atoms with Crippen LogP contribution in [0.15, 0.2) is 0 Å². The number of amides is 1. The van der Waals surface area contributed by atoms with E-state index in [1.807, 2.05) is 5.32 Å². The SMILES string of the molecule is CCNC(=O)OCC(F)(F)C(F)(F)F. The van der Waals surface area contributed by atoms with E-state index >= 15 is 0 Å². The summed E-state index contributed by atoms with van der Waals surface area (Å²) in [7, 11) is 0. The lowest BCUT2D eigenvalue weighted by Gasteiger charge is -2.18. The highest BCUT2D eigenvalue weighted by Crippen LogP contribution is 2.35. The third kappa shape index (κ3) is 3.75. The molecule has 1 amide bonds.